The summed E-state index contributed by atoms with van der Waals surface area (Å²) in [7, 11) is 1.44. The first-order valence-corrected chi connectivity index (χ1v) is 5.75. The van der Waals surface area contributed by atoms with Gasteiger partial charge in [0.15, 0.2) is 5.69 Å². The Hall–Kier alpha value is -2.96. The number of aromatic carboxylic acids is 1. The Morgan fingerprint density at radius 2 is 1.70 bits per heavy atom. The summed E-state index contributed by atoms with van der Waals surface area (Å²) in [5, 5.41) is 13.0. The molecular formula is C13H9N3O4. The predicted molar refractivity (Wildman–Crippen MR) is 67.7 cm³/mol. The minimum atomic E-state index is -1.25. The van der Waals surface area contributed by atoms with Gasteiger partial charge in [0.25, 0.3) is 11.8 Å². The summed E-state index contributed by atoms with van der Waals surface area (Å²) in [6, 6.07) is 6.36. The molecule has 0 unspecified atom stereocenters. The van der Waals surface area contributed by atoms with E-state index in [1.165, 1.54) is 25.4 Å². The second-order valence-electron chi connectivity index (χ2n) is 4.30. The van der Waals surface area contributed by atoms with E-state index in [1.54, 1.807) is 12.1 Å². The zero-order chi connectivity index (χ0) is 14.4. The monoisotopic (exact) mass is 271 g/mol. The number of imide groups is 1. The molecule has 0 spiro atoms. The van der Waals surface area contributed by atoms with E-state index in [0.29, 0.717) is 0 Å². The van der Waals surface area contributed by atoms with Crippen molar-refractivity contribution in [2.75, 3.05) is 4.90 Å². The average molecular weight is 271 g/mol. The van der Waals surface area contributed by atoms with Gasteiger partial charge in [-0.3, -0.25) is 14.3 Å². The molecule has 1 N–H and O–H groups in total. The Balaban J connectivity index is 2.17. The molecule has 0 radical (unpaired) electrons. The fourth-order valence-electron chi connectivity index (χ4n) is 2.25. The van der Waals surface area contributed by atoms with Crippen molar-refractivity contribution in [2.24, 2.45) is 7.05 Å². The number of hydrogen-bond donors (Lipinski definition) is 1. The first-order valence-electron chi connectivity index (χ1n) is 5.75. The molecule has 2 aromatic rings. The number of carboxylic acid groups (broad SMARTS) is 1. The molecule has 3 rings (SSSR count). The summed E-state index contributed by atoms with van der Waals surface area (Å²) in [5.74, 6) is -2.33. The Morgan fingerprint density at radius 3 is 2.20 bits per heavy atom. The molecule has 100 valence electrons. The van der Waals surface area contributed by atoms with Crippen molar-refractivity contribution in [2.45, 2.75) is 0 Å². The number of aromatic nitrogens is 2. The molecule has 2 amide bonds. The van der Waals surface area contributed by atoms with Crippen LogP contribution in [-0.4, -0.2) is 32.7 Å². The van der Waals surface area contributed by atoms with E-state index in [1.807, 2.05) is 0 Å². The van der Waals surface area contributed by atoms with Crippen molar-refractivity contribution in [3.8, 4) is 0 Å². The van der Waals surface area contributed by atoms with Crippen molar-refractivity contribution in [3.63, 3.8) is 0 Å². The number of amides is 2. The highest BCUT2D eigenvalue weighted by Crippen LogP contribution is 2.30. The van der Waals surface area contributed by atoms with Gasteiger partial charge in [-0.2, -0.15) is 5.10 Å². The summed E-state index contributed by atoms with van der Waals surface area (Å²) in [6.07, 6.45) is 1.20. The number of hydrogen-bond acceptors (Lipinski definition) is 4. The second kappa shape index (κ2) is 4.02. The number of anilines is 1. The number of carbonyl (C=O) groups is 3. The van der Waals surface area contributed by atoms with Gasteiger partial charge in [0.1, 0.15) is 5.69 Å². The van der Waals surface area contributed by atoms with Gasteiger partial charge in [-0.15, -0.1) is 0 Å². The van der Waals surface area contributed by atoms with E-state index >= 15 is 0 Å². The van der Waals surface area contributed by atoms with Crippen molar-refractivity contribution in [1.29, 1.82) is 0 Å². The first kappa shape index (κ1) is 12.1. The molecule has 1 aromatic heterocycles. The van der Waals surface area contributed by atoms with E-state index in [9.17, 15) is 19.5 Å². The van der Waals surface area contributed by atoms with Crippen molar-refractivity contribution < 1.29 is 19.5 Å². The van der Waals surface area contributed by atoms with Crippen LogP contribution in [0, 0.1) is 0 Å². The molecule has 0 atom stereocenters. The minimum Gasteiger partial charge on any atom is -0.476 e. The maximum absolute atomic E-state index is 12.3. The number of benzene rings is 1. The molecule has 20 heavy (non-hydrogen) atoms. The number of rotatable bonds is 2. The SMILES string of the molecule is Cn1ncc(N2C(=O)c3ccccc3C2=O)c1C(=O)O. The van der Waals surface area contributed by atoms with Crippen molar-refractivity contribution in [1.82, 2.24) is 9.78 Å². The average Bonchev–Trinajstić information content (AvgIpc) is 2.90. The number of fused-ring (bicyclic) bond motifs is 1. The Labute approximate surface area is 113 Å². The molecule has 7 nitrogen and oxygen atoms in total. The van der Waals surface area contributed by atoms with Crippen LogP contribution in [-0.2, 0) is 7.05 Å². The van der Waals surface area contributed by atoms with E-state index < -0.39 is 17.8 Å². The van der Waals surface area contributed by atoms with Crippen molar-refractivity contribution in [3.05, 3.63) is 47.3 Å². The lowest BCUT2D eigenvalue weighted by Crippen LogP contribution is -2.30. The maximum atomic E-state index is 12.3. The molecule has 1 aromatic carbocycles. The summed E-state index contributed by atoms with van der Waals surface area (Å²) >= 11 is 0. The second-order valence-corrected chi connectivity index (χ2v) is 4.30. The lowest BCUT2D eigenvalue weighted by atomic mass is 10.1. The predicted octanol–water partition coefficient (Wildman–Crippen LogP) is 0.919. The topological polar surface area (TPSA) is 92.5 Å². The third-order valence-corrected chi connectivity index (χ3v) is 3.16. The van der Waals surface area contributed by atoms with Gasteiger partial charge in [-0.05, 0) is 12.1 Å². The van der Waals surface area contributed by atoms with Gasteiger partial charge >= 0.3 is 5.97 Å². The first-order chi connectivity index (χ1) is 9.52. The standard InChI is InChI=1S/C13H9N3O4/c1-15-10(13(19)20)9(6-14-15)16-11(17)7-4-2-3-5-8(7)12(16)18/h2-6H,1H3,(H,19,20). The highest BCUT2D eigenvalue weighted by atomic mass is 16.4. The molecule has 1 aliphatic rings. The van der Waals surface area contributed by atoms with Crippen LogP contribution >= 0.6 is 0 Å². The lowest BCUT2D eigenvalue weighted by molar-refractivity contribution is 0.0686. The Morgan fingerprint density at radius 1 is 1.15 bits per heavy atom. The lowest BCUT2D eigenvalue weighted by Gasteiger charge is -2.12. The summed E-state index contributed by atoms with van der Waals surface area (Å²) < 4.78 is 1.11. The molecule has 2 heterocycles. The molecular weight excluding hydrogens is 262 g/mol. The van der Waals surface area contributed by atoms with Gasteiger partial charge in [-0.25, -0.2) is 9.69 Å². The fourth-order valence-corrected chi connectivity index (χ4v) is 2.25. The number of nitrogens with zero attached hydrogens (tertiary/aromatic N) is 3. The van der Waals surface area contributed by atoms with Gasteiger partial charge < -0.3 is 5.11 Å². The Kier molecular flexibility index (Phi) is 2.43. The van der Waals surface area contributed by atoms with E-state index in [2.05, 4.69) is 5.10 Å². The van der Waals surface area contributed by atoms with Crippen LogP contribution in [0.4, 0.5) is 5.69 Å². The summed E-state index contributed by atoms with van der Waals surface area (Å²) in [6.45, 7) is 0. The molecule has 0 fully saturated rings. The minimum absolute atomic E-state index is 0.0220. The van der Waals surface area contributed by atoms with Gasteiger partial charge in [-0.1, -0.05) is 12.1 Å². The molecule has 0 saturated carbocycles. The third kappa shape index (κ3) is 1.46. The maximum Gasteiger partial charge on any atom is 0.356 e. The van der Waals surface area contributed by atoms with Crippen LogP contribution in [0.5, 0.6) is 0 Å². The highest BCUT2D eigenvalue weighted by Gasteiger charge is 2.39. The van der Waals surface area contributed by atoms with Crippen LogP contribution in [0.15, 0.2) is 30.5 Å². The molecule has 0 saturated heterocycles. The van der Waals surface area contributed by atoms with Gasteiger partial charge in [0, 0.05) is 7.05 Å². The molecule has 1 aliphatic heterocycles. The van der Waals surface area contributed by atoms with Crippen LogP contribution in [0.3, 0.4) is 0 Å². The molecule has 0 bridgehead atoms. The largest absolute Gasteiger partial charge is 0.476 e. The Bertz CT molecular complexity index is 728. The van der Waals surface area contributed by atoms with Crippen LogP contribution in [0.1, 0.15) is 31.2 Å². The molecule has 0 aliphatic carbocycles. The van der Waals surface area contributed by atoms with E-state index in [-0.39, 0.29) is 22.5 Å². The van der Waals surface area contributed by atoms with Crippen LogP contribution in [0.2, 0.25) is 0 Å². The third-order valence-electron chi connectivity index (χ3n) is 3.16. The smallest absolute Gasteiger partial charge is 0.356 e. The van der Waals surface area contributed by atoms with Crippen LogP contribution in [0.25, 0.3) is 0 Å². The van der Waals surface area contributed by atoms with Crippen LogP contribution < -0.4 is 4.90 Å². The summed E-state index contributed by atoms with van der Waals surface area (Å²) in [5.41, 5.74) is 0.293. The zero-order valence-electron chi connectivity index (χ0n) is 10.4. The van der Waals surface area contributed by atoms with Gasteiger partial charge in [0.05, 0.1) is 17.3 Å². The quantitative estimate of drug-likeness (QED) is 0.820. The van der Waals surface area contributed by atoms with Gasteiger partial charge in [0.2, 0.25) is 0 Å². The van der Waals surface area contributed by atoms with E-state index in [0.717, 1.165) is 9.58 Å². The normalized spacial score (nSPS) is 13.8. The van der Waals surface area contributed by atoms with Crippen molar-refractivity contribution >= 4 is 23.5 Å². The zero-order valence-corrected chi connectivity index (χ0v) is 10.4. The fraction of sp³-hybridized carbons (Fsp3) is 0.0769. The summed E-state index contributed by atoms with van der Waals surface area (Å²) in [4.78, 5) is 36.6. The van der Waals surface area contributed by atoms with E-state index in [4.69, 9.17) is 0 Å². The number of carbonyl (C=O) groups excluding carboxylic acids is 2. The number of carboxylic acids is 1. The number of aryl methyl sites for hydroxylation is 1. The highest BCUT2D eigenvalue weighted by molar-refractivity contribution is 6.35. The molecule has 7 heteroatoms.